The maximum atomic E-state index is 9.33. The summed E-state index contributed by atoms with van der Waals surface area (Å²) in [6.45, 7) is 4.29. The van der Waals surface area contributed by atoms with E-state index in [1.54, 1.807) is 6.92 Å². The van der Waals surface area contributed by atoms with Crippen LogP contribution in [0, 0.1) is 5.41 Å². The average molecular weight is 161 g/mol. The molecule has 2 unspecified atom stereocenters. The predicted molar refractivity (Wildman–Crippen MR) is 45.4 cm³/mol. The van der Waals surface area contributed by atoms with Crippen LogP contribution < -0.4 is 0 Å². The lowest BCUT2D eigenvalue weighted by molar-refractivity contribution is -0.00940. The van der Waals surface area contributed by atoms with Crippen LogP contribution in [-0.4, -0.2) is 48.5 Å². The number of hydrogen-bond acceptors (Lipinski definition) is 3. The van der Waals surface area contributed by atoms with Gasteiger partial charge in [0.1, 0.15) is 0 Å². The smallest absolute Gasteiger partial charge is 0.0599 e. The Labute approximate surface area is 68.6 Å². The summed E-state index contributed by atoms with van der Waals surface area (Å²) in [5, 5.41) is 18.4. The SMILES string of the molecule is CC(O)C(C)(CO)CN(C)C. The number of aliphatic hydroxyl groups excluding tert-OH is 2. The number of hydrogen-bond donors (Lipinski definition) is 2. The Hall–Kier alpha value is -0.120. The van der Waals surface area contributed by atoms with Crippen molar-refractivity contribution in [3.63, 3.8) is 0 Å². The van der Waals surface area contributed by atoms with Gasteiger partial charge in [0.25, 0.3) is 0 Å². The first-order chi connectivity index (χ1) is 4.92. The van der Waals surface area contributed by atoms with Gasteiger partial charge in [0.2, 0.25) is 0 Å². The first kappa shape index (κ1) is 10.9. The van der Waals surface area contributed by atoms with Crippen molar-refractivity contribution in [3.8, 4) is 0 Å². The Kier molecular flexibility index (Phi) is 4.00. The lowest BCUT2D eigenvalue weighted by Gasteiger charge is -2.33. The van der Waals surface area contributed by atoms with E-state index in [1.165, 1.54) is 0 Å². The van der Waals surface area contributed by atoms with E-state index in [2.05, 4.69) is 0 Å². The van der Waals surface area contributed by atoms with Gasteiger partial charge < -0.3 is 15.1 Å². The fraction of sp³-hybridized carbons (Fsp3) is 1.00. The van der Waals surface area contributed by atoms with Gasteiger partial charge in [0.15, 0.2) is 0 Å². The van der Waals surface area contributed by atoms with Gasteiger partial charge in [0.05, 0.1) is 12.7 Å². The number of aliphatic hydroxyl groups is 2. The molecule has 0 aliphatic carbocycles. The molecule has 0 rings (SSSR count). The van der Waals surface area contributed by atoms with Gasteiger partial charge in [-0.1, -0.05) is 6.92 Å². The van der Waals surface area contributed by atoms with Crippen molar-refractivity contribution < 1.29 is 10.2 Å². The van der Waals surface area contributed by atoms with Crippen molar-refractivity contribution in [1.82, 2.24) is 4.90 Å². The van der Waals surface area contributed by atoms with E-state index in [4.69, 9.17) is 5.11 Å². The van der Waals surface area contributed by atoms with Crippen molar-refractivity contribution in [3.05, 3.63) is 0 Å². The van der Waals surface area contributed by atoms with Crippen molar-refractivity contribution >= 4 is 0 Å². The summed E-state index contributed by atoms with van der Waals surface area (Å²) in [6, 6.07) is 0. The first-order valence-corrected chi connectivity index (χ1v) is 3.86. The number of nitrogens with zero attached hydrogens (tertiary/aromatic N) is 1. The van der Waals surface area contributed by atoms with Gasteiger partial charge in [-0.2, -0.15) is 0 Å². The lowest BCUT2D eigenvalue weighted by atomic mass is 9.85. The van der Waals surface area contributed by atoms with Crippen LogP contribution >= 0.6 is 0 Å². The lowest BCUT2D eigenvalue weighted by Crippen LogP contribution is -2.42. The predicted octanol–water partition coefficient (Wildman–Crippen LogP) is -0.0726. The zero-order valence-corrected chi connectivity index (χ0v) is 7.83. The minimum absolute atomic E-state index is 0.0167. The summed E-state index contributed by atoms with van der Waals surface area (Å²) in [6.07, 6.45) is -0.477. The van der Waals surface area contributed by atoms with Gasteiger partial charge in [-0.3, -0.25) is 0 Å². The first-order valence-electron chi connectivity index (χ1n) is 3.86. The highest BCUT2D eigenvalue weighted by Crippen LogP contribution is 2.20. The Morgan fingerprint density at radius 3 is 2.00 bits per heavy atom. The molecule has 0 aromatic carbocycles. The molecule has 2 atom stereocenters. The van der Waals surface area contributed by atoms with E-state index < -0.39 is 11.5 Å². The van der Waals surface area contributed by atoms with Gasteiger partial charge in [-0.05, 0) is 21.0 Å². The van der Waals surface area contributed by atoms with Crippen LogP contribution in [-0.2, 0) is 0 Å². The molecular weight excluding hydrogens is 142 g/mol. The van der Waals surface area contributed by atoms with Crippen molar-refractivity contribution in [2.75, 3.05) is 27.2 Å². The molecule has 0 saturated carbocycles. The zero-order valence-electron chi connectivity index (χ0n) is 7.83. The van der Waals surface area contributed by atoms with Crippen molar-refractivity contribution in [2.24, 2.45) is 5.41 Å². The molecule has 0 saturated heterocycles. The molecule has 0 aromatic heterocycles. The van der Waals surface area contributed by atoms with E-state index in [0.29, 0.717) is 6.54 Å². The van der Waals surface area contributed by atoms with Gasteiger partial charge in [0, 0.05) is 12.0 Å². The largest absolute Gasteiger partial charge is 0.396 e. The fourth-order valence-electron chi connectivity index (χ4n) is 1.04. The highest BCUT2D eigenvalue weighted by atomic mass is 16.3. The highest BCUT2D eigenvalue weighted by molar-refractivity contribution is 4.80. The van der Waals surface area contributed by atoms with E-state index in [0.717, 1.165) is 0 Å². The van der Waals surface area contributed by atoms with Gasteiger partial charge in [-0.25, -0.2) is 0 Å². The minimum Gasteiger partial charge on any atom is -0.396 e. The molecule has 0 radical (unpaired) electrons. The maximum Gasteiger partial charge on any atom is 0.0599 e. The maximum absolute atomic E-state index is 9.33. The zero-order chi connectivity index (χ0) is 9.07. The normalized spacial score (nSPS) is 19.9. The quantitative estimate of drug-likeness (QED) is 0.606. The third-order valence-electron chi connectivity index (χ3n) is 2.05. The molecule has 0 aromatic rings. The second kappa shape index (κ2) is 4.04. The van der Waals surface area contributed by atoms with Crippen LogP contribution in [0.25, 0.3) is 0 Å². The molecule has 0 spiro atoms. The molecule has 0 aliphatic rings. The molecule has 0 fully saturated rings. The van der Waals surface area contributed by atoms with Crippen molar-refractivity contribution in [1.29, 1.82) is 0 Å². The summed E-state index contributed by atoms with van der Waals surface area (Å²) >= 11 is 0. The molecular formula is C8H19NO2. The Morgan fingerprint density at radius 1 is 1.45 bits per heavy atom. The highest BCUT2D eigenvalue weighted by Gasteiger charge is 2.29. The summed E-state index contributed by atoms with van der Waals surface area (Å²) in [4.78, 5) is 1.96. The summed E-state index contributed by atoms with van der Waals surface area (Å²) in [7, 11) is 3.85. The summed E-state index contributed by atoms with van der Waals surface area (Å²) in [5.41, 5.74) is -0.399. The molecule has 11 heavy (non-hydrogen) atoms. The van der Waals surface area contributed by atoms with Crippen LogP contribution in [0.2, 0.25) is 0 Å². The second-order valence-corrected chi connectivity index (χ2v) is 3.73. The van der Waals surface area contributed by atoms with Crippen LogP contribution in [0.4, 0.5) is 0 Å². The second-order valence-electron chi connectivity index (χ2n) is 3.73. The Morgan fingerprint density at radius 2 is 1.91 bits per heavy atom. The summed E-state index contributed by atoms with van der Waals surface area (Å²) < 4.78 is 0. The average Bonchev–Trinajstić information content (AvgIpc) is 1.86. The molecule has 0 heterocycles. The molecule has 68 valence electrons. The standard InChI is InChI=1S/C8H19NO2/c1-7(11)8(2,6-10)5-9(3)4/h7,10-11H,5-6H2,1-4H3. The Balaban J connectivity index is 4.10. The molecule has 2 N–H and O–H groups in total. The molecule has 3 heteroatoms. The monoisotopic (exact) mass is 161 g/mol. The van der Waals surface area contributed by atoms with E-state index >= 15 is 0 Å². The third-order valence-corrected chi connectivity index (χ3v) is 2.05. The number of rotatable bonds is 4. The minimum atomic E-state index is -0.477. The third kappa shape index (κ3) is 3.18. The van der Waals surface area contributed by atoms with E-state index in [-0.39, 0.29) is 6.61 Å². The van der Waals surface area contributed by atoms with E-state index in [1.807, 2.05) is 25.9 Å². The van der Waals surface area contributed by atoms with Crippen LogP contribution in [0.1, 0.15) is 13.8 Å². The Bertz CT molecular complexity index is 115. The van der Waals surface area contributed by atoms with Gasteiger partial charge in [-0.15, -0.1) is 0 Å². The topological polar surface area (TPSA) is 43.7 Å². The van der Waals surface area contributed by atoms with E-state index in [9.17, 15) is 5.11 Å². The fourth-order valence-corrected chi connectivity index (χ4v) is 1.04. The van der Waals surface area contributed by atoms with Crippen LogP contribution in [0.15, 0.2) is 0 Å². The van der Waals surface area contributed by atoms with Crippen LogP contribution in [0.5, 0.6) is 0 Å². The molecule has 0 bridgehead atoms. The van der Waals surface area contributed by atoms with Crippen molar-refractivity contribution in [2.45, 2.75) is 20.0 Å². The summed E-state index contributed by atoms with van der Waals surface area (Å²) in [5.74, 6) is 0. The molecule has 0 aliphatic heterocycles. The van der Waals surface area contributed by atoms with Gasteiger partial charge >= 0.3 is 0 Å². The molecule has 0 amide bonds. The van der Waals surface area contributed by atoms with Crippen LogP contribution in [0.3, 0.4) is 0 Å². The molecule has 3 nitrogen and oxygen atoms in total.